The van der Waals surface area contributed by atoms with Crippen LogP contribution in [-0.4, -0.2) is 5.78 Å². The number of hydrogen-bond acceptors (Lipinski definition) is 1. The van der Waals surface area contributed by atoms with Crippen LogP contribution in [-0.2, 0) is 0 Å². The minimum Gasteiger partial charge on any atom is -0.294 e. The van der Waals surface area contributed by atoms with Crippen LogP contribution in [0.5, 0.6) is 0 Å². The average Bonchev–Trinajstić information content (AvgIpc) is 3.37. The molecule has 0 radical (unpaired) electrons. The van der Waals surface area contributed by atoms with Crippen molar-refractivity contribution in [2.24, 2.45) is 52.3 Å². The van der Waals surface area contributed by atoms with Crippen LogP contribution in [0.2, 0.25) is 0 Å². The summed E-state index contributed by atoms with van der Waals surface area (Å²) >= 11 is 0. The molecule has 1 aromatic rings. The summed E-state index contributed by atoms with van der Waals surface area (Å²) in [5.41, 5.74) is 3.58. The van der Waals surface area contributed by atoms with Gasteiger partial charge in [0.15, 0.2) is 5.78 Å². The summed E-state index contributed by atoms with van der Waals surface area (Å²) in [6, 6.07) is 8.90. The zero-order chi connectivity index (χ0) is 29.3. The van der Waals surface area contributed by atoms with Crippen LogP contribution in [0.3, 0.4) is 0 Å². The minimum absolute atomic E-state index is 0.375. The Bertz CT molecular complexity index is 1030. The molecule has 5 aliphatic rings. The largest absolute Gasteiger partial charge is 0.294 e. The second-order valence-corrected chi connectivity index (χ2v) is 16.9. The zero-order valence-corrected chi connectivity index (χ0v) is 28.0. The highest BCUT2D eigenvalue weighted by molar-refractivity contribution is 5.96. The lowest BCUT2D eigenvalue weighted by Gasteiger charge is -2.61. The predicted octanol–water partition coefficient (Wildman–Crippen LogP) is 12.2. The molecule has 0 N–H and O–H groups in total. The number of benzene rings is 1. The summed E-state index contributed by atoms with van der Waals surface area (Å²) in [5, 5.41) is 0. The third-order valence-corrected chi connectivity index (χ3v) is 14.9. The van der Waals surface area contributed by atoms with Crippen molar-refractivity contribution in [2.75, 3.05) is 0 Å². The van der Waals surface area contributed by atoms with E-state index in [4.69, 9.17) is 0 Å². The monoisotopic (exact) mass is 572 g/mol. The average molecular weight is 573 g/mol. The Morgan fingerprint density at radius 1 is 0.810 bits per heavy atom. The van der Waals surface area contributed by atoms with Gasteiger partial charge in [0.2, 0.25) is 0 Å². The molecule has 234 valence electrons. The van der Waals surface area contributed by atoms with Gasteiger partial charge in [-0.15, -0.1) is 0 Å². The van der Waals surface area contributed by atoms with Crippen molar-refractivity contribution in [1.29, 1.82) is 0 Å². The van der Waals surface area contributed by atoms with Crippen LogP contribution in [0.25, 0.3) is 0 Å². The Balaban J connectivity index is 1.00. The molecule has 5 saturated carbocycles. The molecular formula is C41H64O. The number of carbonyl (C=O) groups is 1. The molecule has 1 nitrogen and oxygen atoms in total. The van der Waals surface area contributed by atoms with Crippen molar-refractivity contribution in [2.45, 2.75) is 162 Å². The molecule has 0 aliphatic heterocycles. The number of carbonyl (C=O) groups excluding carboxylic acids is 1. The van der Waals surface area contributed by atoms with E-state index in [9.17, 15) is 4.79 Å². The summed E-state index contributed by atoms with van der Waals surface area (Å²) < 4.78 is 0. The van der Waals surface area contributed by atoms with E-state index in [-0.39, 0.29) is 0 Å². The molecule has 0 spiro atoms. The number of unbranched alkanes of at least 4 members (excludes halogenated alkanes) is 2. The maximum atomic E-state index is 13.3. The molecule has 1 aromatic carbocycles. The van der Waals surface area contributed by atoms with Gasteiger partial charge in [-0.3, -0.25) is 4.79 Å². The van der Waals surface area contributed by atoms with Crippen molar-refractivity contribution in [3.63, 3.8) is 0 Å². The van der Waals surface area contributed by atoms with Crippen LogP contribution in [0.1, 0.15) is 178 Å². The third-order valence-electron chi connectivity index (χ3n) is 14.9. The molecule has 1 heteroatoms. The first kappa shape index (κ1) is 30.9. The Morgan fingerprint density at radius 2 is 1.57 bits per heavy atom. The van der Waals surface area contributed by atoms with E-state index in [2.05, 4.69) is 52.0 Å². The standard InChI is InChI=1S/C41H64O/c1-5-6-7-10-30-13-15-31(16-14-30)32-17-19-33(20-18-32)39(42)25-12-29(2)36-23-24-37-35-22-21-34-11-8-9-27-40(34,3)38(35)26-28-41(36,37)4/h17-20,29-31,34-38H,5-16,21-28H2,1-4H3/t29-,30?,31?,34?,35+,36-,37+,38+,40+,41-/m1/s1. The van der Waals surface area contributed by atoms with Gasteiger partial charge in [-0.1, -0.05) is 90.5 Å². The van der Waals surface area contributed by atoms with Crippen molar-refractivity contribution < 1.29 is 4.79 Å². The van der Waals surface area contributed by atoms with Crippen molar-refractivity contribution >= 4 is 5.78 Å². The van der Waals surface area contributed by atoms with Gasteiger partial charge < -0.3 is 0 Å². The van der Waals surface area contributed by atoms with Crippen LogP contribution >= 0.6 is 0 Å². The summed E-state index contributed by atoms with van der Waals surface area (Å²) in [7, 11) is 0. The van der Waals surface area contributed by atoms with Crippen molar-refractivity contribution in [3.8, 4) is 0 Å². The number of rotatable bonds is 10. The van der Waals surface area contributed by atoms with E-state index in [0.29, 0.717) is 28.4 Å². The summed E-state index contributed by atoms with van der Waals surface area (Å²) in [4.78, 5) is 13.3. The van der Waals surface area contributed by atoms with Gasteiger partial charge in [0.1, 0.15) is 0 Å². The maximum absolute atomic E-state index is 13.3. The molecule has 0 aromatic heterocycles. The van der Waals surface area contributed by atoms with E-state index < -0.39 is 0 Å². The predicted molar refractivity (Wildman–Crippen MR) is 178 cm³/mol. The number of ketones is 1. The lowest BCUT2D eigenvalue weighted by atomic mass is 9.44. The topological polar surface area (TPSA) is 17.1 Å². The highest BCUT2D eigenvalue weighted by Gasteiger charge is 2.60. The second-order valence-electron chi connectivity index (χ2n) is 16.9. The SMILES string of the molecule is CCCCCC1CCC(c2ccc(C(=O)CC[C@@H](C)[C@H]3CC[C@H]4[C@@H]5CCC6CCCC[C@]6(C)[C@H]5CC[C@]34C)cc2)CC1. The Hall–Kier alpha value is -1.11. The first-order valence-corrected chi connectivity index (χ1v) is 19.0. The van der Waals surface area contributed by atoms with Gasteiger partial charge >= 0.3 is 0 Å². The molecular weight excluding hydrogens is 508 g/mol. The fourth-order valence-corrected chi connectivity index (χ4v) is 12.4. The van der Waals surface area contributed by atoms with E-state index in [1.165, 1.54) is 121 Å². The summed E-state index contributed by atoms with van der Waals surface area (Å²) in [5.74, 6) is 7.45. The van der Waals surface area contributed by atoms with Crippen LogP contribution < -0.4 is 0 Å². The molecule has 8 atom stereocenters. The van der Waals surface area contributed by atoms with E-state index in [1.807, 2.05) is 0 Å². The summed E-state index contributed by atoms with van der Waals surface area (Å²) in [6.45, 7) is 10.2. The molecule has 0 saturated heterocycles. The van der Waals surface area contributed by atoms with Gasteiger partial charge in [0.05, 0.1) is 0 Å². The van der Waals surface area contributed by atoms with Crippen LogP contribution in [0.4, 0.5) is 0 Å². The van der Waals surface area contributed by atoms with E-state index in [0.717, 1.165) is 53.9 Å². The first-order valence-electron chi connectivity index (χ1n) is 19.0. The molecule has 5 fully saturated rings. The summed E-state index contributed by atoms with van der Waals surface area (Å²) in [6.07, 6.45) is 27.7. The number of fused-ring (bicyclic) bond motifs is 5. The van der Waals surface area contributed by atoms with Gasteiger partial charge in [-0.2, -0.15) is 0 Å². The third kappa shape index (κ3) is 5.95. The lowest BCUT2D eigenvalue weighted by molar-refractivity contribution is -0.114. The fourth-order valence-electron chi connectivity index (χ4n) is 12.4. The smallest absolute Gasteiger partial charge is 0.162 e. The van der Waals surface area contributed by atoms with Gasteiger partial charge in [0.25, 0.3) is 0 Å². The van der Waals surface area contributed by atoms with E-state index in [1.54, 1.807) is 0 Å². The van der Waals surface area contributed by atoms with Crippen LogP contribution in [0.15, 0.2) is 24.3 Å². The lowest BCUT2D eigenvalue weighted by Crippen LogP contribution is -2.53. The maximum Gasteiger partial charge on any atom is 0.162 e. The molecule has 0 amide bonds. The Kier molecular flexibility index (Phi) is 9.63. The van der Waals surface area contributed by atoms with Gasteiger partial charge in [-0.05, 0) is 147 Å². The number of hydrogen-bond donors (Lipinski definition) is 0. The zero-order valence-electron chi connectivity index (χ0n) is 28.0. The Labute approximate surface area is 259 Å². The fraction of sp³-hybridized carbons (Fsp3) is 0.829. The molecule has 42 heavy (non-hydrogen) atoms. The highest BCUT2D eigenvalue weighted by atomic mass is 16.1. The highest BCUT2D eigenvalue weighted by Crippen LogP contribution is 2.68. The van der Waals surface area contributed by atoms with Gasteiger partial charge in [-0.25, -0.2) is 0 Å². The van der Waals surface area contributed by atoms with Crippen molar-refractivity contribution in [3.05, 3.63) is 35.4 Å². The molecule has 6 rings (SSSR count). The first-order chi connectivity index (χ1) is 20.3. The molecule has 0 bridgehead atoms. The van der Waals surface area contributed by atoms with Gasteiger partial charge in [0, 0.05) is 12.0 Å². The number of Topliss-reactive ketones (excluding diaryl/α,β-unsaturated/α-hetero) is 1. The van der Waals surface area contributed by atoms with E-state index >= 15 is 0 Å². The molecule has 0 heterocycles. The minimum atomic E-state index is 0.375. The van der Waals surface area contributed by atoms with Crippen molar-refractivity contribution in [1.82, 2.24) is 0 Å². The Morgan fingerprint density at radius 3 is 2.33 bits per heavy atom. The molecule has 1 unspecified atom stereocenters. The quantitative estimate of drug-likeness (QED) is 0.201. The molecule has 5 aliphatic carbocycles. The normalized spacial score (nSPS) is 40.5. The van der Waals surface area contributed by atoms with Crippen LogP contribution in [0, 0.1) is 52.3 Å². The second kappa shape index (κ2) is 13.1.